The molecule has 0 spiro atoms. The van der Waals surface area contributed by atoms with Crippen LogP contribution in [0.3, 0.4) is 0 Å². The first kappa shape index (κ1) is 21.0. The van der Waals surface area contributed by atoms with E-state index in [2.05, 4.69) is 10.1 Å². The second kappa shape index (κ2) is 7.75. The molecule has 0 unspecified atom stereocenters. The van der Waals surface area contributed by atoms with Crippen LogP contribution in [0.15, 0.2) is 23.9 Å². The largest absolute Gasteiger partial charge is 0.364 e. The number of pyridine rings is 1. The van der Waals surface area contributed by atoms with E-state index in [0.29, 0.717) is 23.0 Å². The minimum absolute atomic E-state index is 0.0586. The van der Waals surface area contributed by atoms with E-state index in [4.69, 9.17) is 5.73 Å². The summed E-state index contributed by atoms with van der Waals surface area (Å²) in [6.45, 7) is 5.08. The normalized spacial score (nSPS) is 21.7. The fourth-order valence-electron chi connectivity index (χ4n) is 4.24. The molecule has 0 aromatic carbocycles. The molecule has 3 heterocycles. The molecule has 9 nitrogen and oxygen atoms in total. The van der Waals surface area contributed by atoms with Crippen molar-refractivity contribution in [3.63, 3.8) is 0 Å². The summed E-state index contributed by atoms with van der Waals surface area (Å²) in [5, 5.41) is 4.90. The number of nitrogens with two attached hydrogens (primary N) is 1. The highest BCUT2D eigenvalue weighted by Crippen LogP contribution is 2.48. The van der Waals surface area contributed by atoms with E-state index in [9.17, 15) is 18.9 Å². The van der Waals surface area contributed by atoms with Gasteiger partial charge in [-0.2, -0.15) is 10.2 Å². The number of allylic oxidation sites excluding steroid dienone is 1. The number of aromatic nitrogens is 3. The van der Waals surface area contributed by atoms with Gasteiger partial charge in [0.1, 0.15) is 12.6 Å². The Balaban J connectivity index is 1.57. The van der Waals surface area contributed by atoms with Crippen LogP contribution >= 0.6 is 0 Å². The van der Waals surface area contributed by atoms with E-state index in [-0.39, 0.29) is 41.8 Å². The number of likely N-dealkylation sites (tertiary alicyclic amines) is 1. The molecular weight excluding hydrogens is 403 g/mol. The van der Waals surface area contributed by atoms with Crippen molar-refractivity contribution in [3.05, 3.63) is 35.3 Å². The van der Waals surface area contributed by atoms with Crippen molar-refractivity contribution in [3.8, 4) is 0 Å². The van der Waals surface area contributed by atoms with Gasteiger partial charge in [-0.3, -0.25) is 24.0 Å². The second-order valence-corrected chi connectivity index (χ2v) is 8.49. The SMILES string of the molecule is CC(C)=CCN(F)C(=O)[C@@H]1C[C@H]2C[C@H]2N1C(=O)Cn1nc(C(N)=O)c2cc(C)ncc21. The zero-order valence-corrected chi connectivity index (χ0v) is 17.7. The maximum Gasteiger partial charge on any atom is 0.273 e. The molecule has 10 heteroatoms. The topological polar surface area (TPSA) is 114 Å². The minimum Gasteiger partial charge on any atom is -0.364 e. The lowest BCUT2D eigenvalue weighted by atomic mass is 10.1. The summed E-state index contributed by atoms with van der Waals surface area (Å²) in [5.74, 6) is -1.54. The van der Waals surface area contributed by atoms with Crippen LogP contribution < -0.4 is 5.73 Å². The number of fused-ring (bicyclic) bond motifs is 2. The molecule has 31 heavy (non-hydrogen) atoms. The number of rotatable bonds is 6. The molecule has 1 saturated heterocycles. The first-order valence-corrected chi connectivity index (χ1v) is 10.2. The third-order valence-electron chi connectivity index (χ3n) is 5.87. The highest BCUT2D eigenvalue weighted by atomic mass is 19.2. The molecule has 3 atom stereocenters. The molecule has 1 aliphatic carbocycles. The van der Waals surface area contributed by atoms with Crippen LogP contribution in [-0.2, 0) is 16.1 Å². The summed E-state index contributed by atoms with van der Waals surface area (Å²) in [7, 11) is 0. The number of halogens is 1. The van der Waals surface area contributed by atoms with Crippen molar-refractivity contribution < 1.29 is 18.9 Å². The number of primary amides is 1. The lowest BCUT2D eigenvalue weighted by Crippen LogP contribution is -2.48. The molecule has 2 aliphatic rings. The van der Waals surface area contributed by atoms with Gasteiger partial charge in [0.15, 0.2) is 5.69 Å². The molecule has 0 bridgehead atoms. The summed E-state index contributed by atoms with van der Waals surface area (Å²) in [5.41, 5.74) is 7.59. The predicted molar refractivity (Wildman–Crippen MR) is 110 cm³/mol. The van der Waals surface area contributed by atoms with E-state index in [1.54, 1.807) is 19.1 Å². The summed E-state index contributed by atoms with van der Waals surface area (Å²) in [6, 6.07) is 0.799. The number of aryl methyl sites for hydroxylation is 1. The Hall–Kier alpha value is -3.30. The fraction of sp³-hybridized carbons (Fsp3) is 0.476. The number of hydrogen-bond donors (Lipinski definition) is 1. The number of hydrogen-bond acceptors (Lipinski definition) is 5. The van der Waals surface area contributed by atoms with Gasteiger partial charge in [0.25, 0.3) is 11.8 Å². The quantitative estimate of drug-likeness (QED) is 0.553. The Bertz CT molecular complexity index is 1110. The van der Waals surface area contributed by atoms with Gasteiger partial charge in [-0.05, 0) is 45.6 Å². The standard InChI is InChI=1S/C21H25FN6O3/c1-11(2)4-5-26(22)21(31)16-8-13-7-15(13)28(16)18(29)10-27-17-9-24-12(3)6-14(17)19(25-27)20(23)30/h4,6,9,13,15-16H,5,7-8,10H2,1-3H3,(H2,23,30)/t13-,15-,16+/m1/s1. The predicted octanol–water partition coefficient (Wildman–Crippen LogP) is 1.51. The lowest BCUT2D eigenvalue weighted by Gasteiger charge is -2.28. The first-order valence-electron chi connectivity index (χ1n) is 10.2. The van der Waals surface area contributed by atoms with Crippen molar-refractivity contribution in [1.82, 2.24) is 24.8 Å². The van der Waals surface area contributed by atoms with E-state index >= 15 is 0 Å². The molecule has 2 fully saturated rings. The molecule has 0 radical (unpaired) electrons. The zero-order chi connectivity index (χ0) is 22.4. The van der Waals surface area contributed by atoms with Crippen LogP contribution in [0.25, 0.3) is 10.9 Å². The monoisotopic (exact) mass is 428 g/mol. The van der Waals surface area contributed by atoms with Gasteiger partial charge >= 0.3 is 0 Å². The summed E-state index contributed by atoms with van der Waals surface area (Å²) in [6.07, 6.45) is 4.42. The van der Waals surface area contributed by atoms with E-state index in [1.807, 2.05) is 13.8 Å². The van der Waals surface area contributed by atoms with Gasteiger partial charge in [-0.25, -0.2) is 0 Å². The van der Waals surface area contributed by atoms with E-state index < -0.39 is 17.9 Å². The number of nitrogens with zero attached hydrogens (tertiary/aromatic N) is 5. The third kappa shape index (κ3) is 3.89. The van der Waals surface area contributed by atoms with Crippen LogP contribution in [0.1, 0.15) is 42.9 Å². The Morgan fingerprint density at radius 2 is 2.06 bits per heavy atom. The Kier molecular flexibility index (Phi) is 5.24. The smallest absolute Gasteiger partial charge is 0.273 e. The molecule has 164 valence electrons. The highest BCUT2D eigenvalue weighted by Gasteiger charge is 2.56. The second-order valence-electron chi connectivity index (χ2n) is 8.49. The summed E-state index contributed by atoms with van der Waals surface area (Å²) < 4.78 is 15.7. The zero-order valence-electron chi connectivity index (χ0n) is 17.7. The molecule has 2 aromatic heterocycles. The lowest BCUT2D eigenvalue weighted by molar-refractivity contribution is -0.155. The van der Waals surface area contributed by atoms with Gasteiger partial charge in [0.05, 0.1) is 18.3 Å². The van der Waals surface area contributed by atoms with E-state index in [1.165, 1.54) is 15.8 Å². The third-order valence-corrected chi connectivity index (χ3v) is 5.87. The number of piperidine rings is 1. The average Bonchev–Trinajstić information content (AvgIpc) is 3.22. The minimum atomic E-state index is -0.829. The van der Waals surface area contributed by atoms with Crippen molar-refractivity contribution >= 4 is 28.6 Å². The molecule has 1 saturated carbocycles. The van der Waals surface area contributed by atoms with Crippen molar-refractivity contribution in [2.75, 3.05) is 6.54 Å². The average molecular weight is 428 g/mol. The molecule has 3 amide bonds. The number of carbonyl (C=O) groups excluding carboxylic acids is 3. The number of amides is 3. The number of carbonyl (C=O) groups is 3. The molecule has 2 N–H and O–H groups in total. The maximum absolute atomic E-state index is 14.4. The van der Waals surface area contributed by atoms with Gasteiger partial charge in [-0.1, -0.05) is 16.1 Å². The highest BCUT2D eigenvalue weighted by molar-refractivity contribution is 6.04. The van der Waals surface area contributed by atoms with Crippen LogP contribution in [0.4, 0.5) is 4.48 Å². The van der Waals surface area contributed by atoms with Crippen LogP contribution in [0, 0.1) is 12.8 Å². The fourth-order valence-corrected chi connectivity index (χ4v) is 4.24. The van der Waals surface area contributed by atoms with Crippen LogP contribution in [-0.4, -0.2) is 61.1 Å². The van der Waals surface area contributed by atoms with Gasteiger partial charge in [0.2, 0.25) is 5.91 Å². The molecular formula is C21H25FN6O3. The Labute approximate surface area is 178 Å². The van der Waals surface area contributed by atoms with Crippen molar-refractivity contribution in [1.29, 1.82) is 0 Å². The molecule has 4 rings (SSSR count). The van der Waals surface area contributed by atoms with Gasteiger partial charge in [0, 0.05) is 17.1 Å². The van der Waals surface area contributed by atoms with Crippen molar-refractivity contribution in [2.45, 2.75) is 52.2 Å². The summed E-state index contributed by atoms with van der Waals surface area (Å²) >= 11 is 0. The van der Waals surface area contributed by atoms with Crippen LogP contribution in [0.2, 0.25) is 0 Å². The maximum atomic E-state index is 14.4. The Morgan fingerprint density at radius 3 is 2.74 bits per heavy atom. The molecule has 1 aliphatic heterocycles. The Morgan fingerprint density at radius 1 is 1.32 bits per heavy atom. The van der Waals surface area contributed by atoms with Crippen molar-refractivity contribution in [2.24, 2.45) is 11.7 Å². The van der Waals surface area contributed by atoms with Gasteiger partial charge in [-0.15, -0.1) is 0 Å². The first-order chi connectivity index (χ1) is 14.7. The summed E-state index contributed by atoms with van der Waals surface area (Å²) in [4.78, 5) is 43.3. The van der Waals surface area contributed by atoms with Crippen LogP contribution in [0.5, 0.6) is 0 Å². The molecule has 2 aromatic rings. The van der Waals surface area contributed by atoms with Gasteiger partial charge < -0.3 is 10.6 Å². The van der Waals surface area contributed by atoms with E-state index in [0.717, 1.165) is 12.0 Å².